The molecule has 1 aliphatic rings. The second-order valence-corrected chi connectivity index (χ2v) is 5.68. The third-order valence-corrected chi connectivity index (χ3v) is 3.71. The van der Waals surface area contributed by atoms with Crippen LogP contribution >= 0.6 is 0 Å². The van der Waals surface area contributed by atoms with Crippen molar-refractivity contribution in [2.75, 3.05) is 11.9 Å². The number of ether oxygens (including phenoxy) is 1. The number of anilines is 1. The summed E-state index contributed by atoms with van der Waals surface area (Å²) in [5.74, 6) is 1.62. The molecule has 4 nitrogen and oxygen atoms in total. The molecule has 1 aromatic heterocycles. The average molecular weight is 296 g/mol. The van der Waals surface area contributed by atoms with Crippen molar-refractivity contribution < 1.29 is 9.53 Å². The molecular weight excluding hydrogens is 276 g/mol. The lowest BCUT2D eigenvalue weighted by Gasteiger charge is -2.08. The number of benzene rings is 1. The first-order chi connectivity index (χ1) is 10.8. The number of nitrogens with zero attached hydrogens (tertiary/aromatic N) is 1. The Kier molecular flexibility index (Phi) is 4.68. The van der Waals surface area contributed by atoms with E-state index >= 15 is 0 Å². The van der Waals surface area contributed by atoms with E-state index in [2.05, 4.69) is 10.3 Å². The zero-order valence-corrected chi connectivity index (χ0v) is 12.5. The molecular formula is C18H20N2O2. The highest BCUT2D eigenvalue weighted by atomic mass is 16.5. The SMILES string of the molecule is O=C(CCc1ccncc1)Nc1ccc(OCC2CC2)cc1. The zero-order valence-electron chi connectivity index (χ0n) is 12.5. The summed E-state index contributed by atoms with van der Waals surface area (Å²) in [7, 11) is 0. The summed E-state index contributed by atoms with van der Waals surface area (Å²) in [6.07, 6.45) is 7.24. The molecule has 0 bridgehead atoms. The van der Waals surface area contributed by atoms with Crippen molar-refractivity contribution in [3.63, 3.8) is 0 Å². The van der Waals surface area contributed by atoms with Crippen LogP contribution in [-0.4, -0.2) is 17.5 Å². The molecule has 114 valence electrons. The number of nitrogens with one attached hydrogen (secondary N) is 1. The van der Waals surface area contributed by atoms with E-state index in [0.29, 0.717) is 6.42 Å². The Morgan fingerprint density at radius 1 is 1.14 bits per heavy atom. The molecule has 0 aliphatic heterocycles. The van der Waals surface area contributed by atoms with E-state index in [1.54, 1.807) is 12.4 Å². The fraction of sp³-hybridized carbons (Fsp3) is 0.333. The van der Waals surface area contributed by atoms with E-state index in [9.17, 15) is 4.79 Å². The maximum absolute atomic E-state index is 11.9. The van der Waals surface area contributed by atoms with Crippen LogP contribution in [0.2, 0.25) is 0 Å². The van der Waals surface area contributed by atoms with E-state index in [-0.39, 0.29) is 5.91 Å². The molecule has 1 saturated carbocycles. The van der Waals surface area contributed by atoms with Gasteiger partial charge < -0.3 is 10.1 Å². The van der Waals surface area contributed by atoms with Gasteiger partial charge in [-0.05, 0) is 67.1 Å². The van der Waals surface area contributed by atoms with Crippen LogP contribution in [0.15, 0.2) is 48.8 Å². The summed E-state index contributed by atoms with van der Waals surface area (Å²) in [6, 6.07) is 11.4. The van der Waals surface area contributed by atoms with Gasteiger partial charge in [-0.25, -0.2) is 0 Å². The summed E-state index contributed by atoms with van der Waals surface area (Å²) in [4.78, 5) is 15.9. The van der Waals surface area contributed by atoms with Gasteiger partial charge in [0.05, 0.1) is 6.61 Å². The maximum atomic E-state index is 11.9. The average Bonchev–Trinajstić information content (AvgIpc) is 3.38. The van der Waals surface area contributed by atoms with Gasteiger partial charge in [0.25, 0.3) is 0 Å². The highest BCUT2D eigenvalue weighted by molar-refractivity contribution is 5.90. The maximum Gasteiger partial charge on any atom is 0.224 e. The van der Waals surface area contributed by atoms with Gasteiger partial charge in [-0.1, -0.05) is 0 Å². The second-order valence-electron chi connectivity index (χ2n) is 5.68. The molecule has 0 atom stereocenters. The summed E-state index contributed by atoms with van der Waals surface area (Å²) in [6.45, 7) is 0.803. The lowest BCUT2D eigenvalue weighted by Crippen LogP contribution is -2.12. The predicted octanol–water partition coefficient (Wildman–Crippen LogP) is 3.44. The number of rotatable bonds is 7. The highest BCUT2D eigenvalue weighted by Gasteiger charge is 2.21. The standard InChI is InChI=1S/C18H20N2O2/c21-18(8-3-14-9-11-19-12-10-14)20-16-4-6-17(7-5-16)22-13-15-1-2-15/h4-7,9-12,15H,1-3,8,13H2,(H,20,21). The van der Waals surface area contributed by atoms with Crippen LogP contribution in [0.1, 0.15) is 24.8 Å². The third-order valence-electron chi connectivity index (χ3n) is 3.71. The van der Waals surface area contributed by atoms with Crippen LogP contribution in [0.3, 0.4) is 0 Å². The molecule has 1 aliphatic carbocycles. The Morgan fingerprint density at radius 3 is 2.55 bits per heavy atom. The molecule has 0 unspecified atom stereocenters. The molecule has 0 spiro atoms. The molecule has 3 rings (SSSR count). The van der Waals surface area contributed by atoms with Gasteiger partial charge in [-0.15, -0.1) is 0 Å². The first-order valence-electron chi connectivity index (χ1n) is 7.71. The van der Waals surface area contributed by atoms with E-state index < -0.39 is 0 Å². The van der Waals surface area contributed by atoms with Crippen LogP contribution in [0.25, 0.3) is 0 Å². The van der Waals surface area contributed by atoms with E-state index in [1.807, 2.05) is 36.4 Å². The van der Waals surface area contributed by atoms with Gasteiger partial charge in [0, 0.05) is 24.5 Å². The number of carbonyl (C=O) groups is 1. The van der Waals surface area contributed by atoms with Gasteiger partial charge >= 0.3 is 0 Å². The van der Waals surface area contributed by atoms with Crippen molar-refractivity contribution in [2.45, 2.75) is 25.7 Å². The predicted molar refractivity (Wildman–Crippen MR) is 85.8 cm³/mol. The second kappa shape index (κ2) is 7.07. The van der Waals surface area contributed by atoms with Gasteiger partial charge in [-0.2, -0.15) is 0 Å². The van der Waals surface area contributed by atoms with Crippen molar-refractivity contribution in [1.82, 2.24) is 4.98 Å². The van der Waals surface area contributed by atoms with Gasteiger partial charge in [-0.3, -0.25) is 9.78 Å². The minimum Gasteiger partial charge on any atom is -0.493 e. The Bertz CT molecular complexity index is 607. The van der Waals surface area contributed by atoms with Crippen LogP contribution in [0, 0.1) is 5.92 Å². The molecule has 4 heteroatoms. The number of amides is 1. The first kappa shape index (κ1) is 14.6. The van der Waals surface area contributed by atoms with E-state index in [0.717, 1.165) is 35.9 Å². The Morgan fingerprint density at radius 2 is 1.86 bits per heavy atom. The van der Waals surface area contributed by atoms with E-state index in [4.69, 9.17) is 4.74 Å². The van der Waals surface area contributed by atoms with Crippen LogP contribution in [-0.2, 0) is 11.2 Å². The fourth-order valence-electron chi connectivity index (χ4n) is 2.16. The number of aromatic nitrogens is 1. The Labute approximate surface area is 130 Å². The fourth-order valence-corrected chi connectivity index (χ4v) is 2.16. The summed E-state index contributed by atoms with van der Waals surface area (Å²) >= 11 is 0. The van der Waals surface area contributed by atoms with Gasteiger partial charge in [0.15, 0.2) is 0 Å². The minimum absolute atomic E-state index is 0.0171. The number of pyridine rings is 1. The topological polar surface area (TPSA) is 51.2 Å². The van der Waals surface area contributed by atoms with Crippen LogP contribution in [0.4, 0.5) is 5.69 Å². The van der Waals surface area contributed by atoms with Crippen LogP contribution in [0.5, 0.6) is 5.75 Å². The number of hydrogen-bond donors (Lipinski definition) is 1. The molecule has 0 radical (unpaired) electrons. The molecule has 0 saturated heterocycles. The first-order valence-corrected chi connectivity index (χ1v) is 7.71. The van der Waals surface area contributed by atoms with Crippen molar-refractivity contribution in [3.05, 3.63) is 54.4 Å². The molecule has 1 aromatic carbocycles. The quantitative estimate of drug-likeness (QED) is 0.851. The van der Waals surface area contributed by atoms with Crippen LogP contribution < -0.4 is 10.1 Å². The van der Waals surface area contributed by atoms with Crippen molar-refractivity contribution >= 4 is 11.6 Å². The normalized spacial score (nSPS) is 13.6. The van der Waals surface area contributed by atoms with Crippen molar-refractivity contribution in [3.8, 4) is 5.75 Å². The highest BCUT2D eigenvalue weighted by Crippen LogP contribution is 2.29. The summed E-state index contributed by atoms with van der Waals surface area (Å²) in [5, 5.41) is 2.91. The largest absolute Gasteiger partial charge is 0.493 e. The smallest absolute Gasteiger partial charge is 0.224 e. The molecule has 2 aromatic rings. The zero-order chi connectivity index (χ0) is 15.2. The molecule has 22 heavy (non-hydrogen) atoms. The van der Waals surface area contributed by atoms with Gasteiger partial charge in [0.1, 0.15) is 5.75 Å². The minimum atomic E-state index is 0.0171. The van der Waals surface area contributed by atoms with Crippen molar-refractivity contribution in [2.24, 2.45) is 5.92 Å². The summed E-state index contributed by atoms with van der Waals surface area (Å²) < 4.78 is 5.68. The summed E-state index contributed by atoms with van der Waals surface area (Å²) in [5.41, 5.74) is 1.92. The molecule has 1 heterocycles. The molecule has 1 amide bonds. The monoisotopic (exact) mass is 296 g/mol. The van der Waals surface area contributed by atoms with Gasteiger partial charge in [0.2, 0.25) is 5.91 Å². The molecule has 1 N–H and O–H groups in total. The number of aryl methyl sites for hydroxylation is 1. The Hall–Kier alpha value is -2.36. The molecule has 1 fully saturated rings. The van der Waals surface area contributed by atoms with Crippen molar-refractivity contribution in [1.29, 1.82) is 0 Å². The Balaban J connectivity index is 1.44. The lowest BCUT2D eigenvalue weighted by molar-refractivity contribution is -0.116. The third kappa shape index (κ3) is 4.58. The van der Waals surface area contributed by atoms with E-state index in [1.165, 1.54) is 12.8 Å². The number of hydrogen-bond acceptors (Lipinski definition) is 3. The number of carbonyl (C=O) groups excluding carboxylic acids is 1. The lowest BCUT2D eigenvalue weighted by atomic mass is 10.1.